The molecular weight excluding hydrogens is 238 g/mol. The Balaban J connectivity index is 1.77. The summed E-state index contributed by atoms with van der Waals surface area (Å²) in [4.78, 5) is 13.7. The molecule has 3 heteroatoms. The summed E-state index contributed by atoms with van der Waals surface area (Å²) >= 11 is 0. The second kappa shape index (κ2) is 6.71. The number of rotatable bonds is 4. The van der Waals surface area contributed by atoms with Crippen LogP contribution in [0, 0.1) is 12.8 Å². The highest BCUT2D eigenvalue weighted by molar-refractivity contribution is 5.69. The van der Waals surface area contributed by atoms with Crippen LogP contribution in [0.3, 0.4) is 0 Å². The maximum Gasteiger partial charge on any atom is 0.305 e. The fourth-order valence-electron chi connectivity index (χ4n) is 2.62. The van der Waals surface area contributed by atoms with Crippen molar-refractivity contribution in [2.75, 3.05) is 20.2 Å². The van der Waals surface area contributed by atoms with Crippen LogP contribution < -0.4 is 0 Å². The van der Waals surface area contributed by atoms with Crippen molar-refractivity contribution in [3.63, 3.8) is 0 Å². The van der Waals surface area contributed by atoms with Crippen LogP contribution in [0.2, 0.25) is 0 Å². The minimum Gasteiger partial charge on any atom is -0.469 e. The molecule has 0 unspecified atom stereocenters. The molecule has 0 amide bonds. The molecule has 0 aromatic heterocycles. The Morgan fingerprint density at radius 3 is 2.47 bits per heavy atom. The van der Waals surface area contributed by atoms with E-state index in [4.69, 9.17) is 4.74 Å². The Morgan fingerprint density at radius 1 is 1.26 bits per heavy atom. The topological polar surface area (TPSA) is 29.5 Å². The van der Waals surface area contributed by atoms with E-state index < -0.39 is 0 Å². The fourth-order valence-corrected chi connectivity index (χ4v) is 2.62. The first-order valence-corrected chi connectivity index (χ1v) is 7.02. The summed E-state index contributed by atoms with van der Waals surface area (Å²) in [6.07, 6.45) is 2.77. The van der Waals surface area contributed by atoms with E-state index in [1.54, 1.807) is 0 Å². The zero-order valence-corrected chi connectivity index (χ0v) is 11.9. The zero-order valence-electron chi connectivity index (χ0n) is 11.9. The standard InChI is InChI=1S/C16H23NO2/c1-13-3-5-15(6-4-13)12-17-9-7-14(8-10-17)11-16(18)19-2/h3-6,14H,7-12H2,1-2H3. The van der Waals surface area contributed by atoms with Gasteiger partial charge in [0.05, 0.1) is 7.11 Å². The molecule has 0 bridgehead atoms. The molecule has 1 aliphatic rings. The van der Waals surface area contributed by atoms with Crippen LogP contribution in [0.15, 0.2) is 24.3 Å². The monoisotopic (exact) mass is 261 g/mol. The number of likely N-dealkylation sites (tertiary alicyclic amines) is 1. The third kappa shape index (κ3) is 4.35. The van der Waals surface area contributed by atoms with Gasteiger partial charge in [0.2, 0.25) is 0 Å². The lowest BCUT2D eigenvalue weighted by molar-refractivity contribution is -0.142. The zero-order chi connectivity index (χ0) is 13.7. The molecule has 3 nitrogen and oxygen atoms in total. The molecule has 1 aromatic rings. The number of ether oxygens (including phenoxy) is 1. The van der Waals surface area contributed by atoms with E-state index in [-0.39, 0.29) is 5.97 Å². The Morgan fingerprint density at radius 2 is 1.89 bits per heavy atom. The molecular formula is C16H23NO2. The van der Waals surface area contributed by atoms with E-state index in [0.29, 0.717) is 12.3 Å². The number of piperidine rings is 1. The predicted octanol–water partition coefficient (Wildman–Crippen LogP) is 2.77. The van der Waals surface area contributed by atoms with Crippen molar-refractivity contribution in [3.8, 4) is 0 Å². The van der Waals surface area contributed by atoms with Gasteiger partial charge in [0, 0.05) is 13.0 Å². The SMILES string of the molecule is COC(=O)CC1CCN(Cc2ccc(C)cc2)CC1. The quantitative estimate of drug-likeness (QED) is 0.781. The summed E-state index contributed by atoms with van der Waals surface area (Å²) in [6.45, 7) is 5.29. The minimum absolute atomic E-state index is 0.0722. The van der Waals surface area contributed by atoms with Crippen molar-refractivity contribution < 1.29 is 9.53 Å². The van der Waals surface area contributed by atoms with Crippen LogP contribution in [-0.2, 0) is 16.1 Å². The number of benzene rings is 1. The second-order valence-electron chi connectivity index (χ2n) is 5.49. The molecule has 0 spiro atoms. The van der Waals surface area contributed by atoms with E-state index in [2.05, 4.69) is 36.1 Å². The van der Waals surface area contributed by atoms with Gasteiger partial charge in [-0.15, -0.1) is 0 Å². The van der Waals surface area contributed by atoms with Gasteiger partial charge in [-0.2, -0.15) is 0 Å². The first-order chi connectivity index (χ1) is 9.17. The molecule has 1 aromatic carbocycles. The van der Waals surface area contributed by atoms with Crippen molar-refractivity contribution in [1.82, 2.24) is 4.90 Å². The number of carbonyl (C=O) groups is 1. The van der Waals surface area contributed by atoms with Crippen LogP contribution in [0.5, 0.6) is 0 Å². The highest BCUT2D eigenvalue weighted by Crippen LogP contribution is 2.22. The lowest BCUT2D eigenvalue weighted by Gasteiger charge is -2.31. The molecule has 0 radical (unpaired) electrons. The smallest absolute Gasteiger partial charge is 0.305 e. The molecule has 1 saturated heterocycles. The number of hydrogen-bond acceptors (Lipinski definition) is 3. The predicted molar refractivity (Wildman–Crippen MR) is 75.8 cm³/mol. The Hall–Kier alpha value is -1.35. The largest absolute Gasteiger partial charge is 0.469 e. The van der Waals surface area contributed by atoms with E-state index in [9.17, 15) is 4.79 Å². The van der Waals surface area contributed by atoms with Gasteiger partial charge in [-0.05, 0) is 44.3 Å². The third-order valence-electron chi connectivity index (χ3n) is 3.92. The van der Waals surface area contributed by atoms with E-state index in [1.165, 1.54) is 18.2 Å². The van der Waals surface area contributed by atoms with Crippen molar-refractivity contribution in [2.45, 2.75) is 32.7 Å². The summed E-state index contributed by atoms with van der Waals surface area (Å²) in [5.41, 5.74) is 2.68. The number of hydrogen-bond donors (Lipinski definition) is 0. The Kier molecular flexibility index (Phi) is 4.97. The highest BCUT2D eigenvalue weighted by atomic mass is 16.5. The fraction of sp³-hybridized carbons (Fsp3) is 0.562. The Bertz CT molecular complexity index is 405. The van der Waals surface area contributed by atoms with E-state index >= 15 is 0 Å². The number of methoxy groups -OCH3 is 1. The maximum atomic E-state index is 11.2. The van der Waals surface area contributed by atoms with Gasteiger partial charge in [-0.1, -0.05) is 29.8 Å². The number of esters is 1. The van der Waals surface area contributed by atoms with E-state index in [1.807, 2.05) is 0 Å². The average molecular weight is 261 g/mol. The van der Waals surface area contributed by atoms with Crippen LogP contribution in [0.25, 0.3) is 0 Å². The van der Waals surface area contributed by atoms with Crippen LogP contribution in [-0.4, -0.2) is 31.1 Å². The number of nitrogens with zero attached hydrogens (tertiary/aromatic N) is 1. The van der Waals surface area contributed by atoms with Gasteiger partial charge in [0.25, 0.3) is 0 Å². The summed E-state index contributed by atoms with van der Waals surface area (Å²) in [5, 5.41) is 0. The molecule has 0 saturated carbocycles. The van der Waals surface area contributed by atoms with Gasteiger partial charge in [0.15, 0.2) is 0 Å². The minimum atomic E-state index is -0.0722. The van der Waals surface area contributed by atoms with Gasteiger partial charge in [-0.25, -0.2) is 0 Å². The number of carbonyl (C=O) groups excluding carboxylic acids is 1. The van der Waals surface area contributed by atoms with Crippen LogP contribution in [0.4, 0.5) is 0 Å². The van der Waals surface area contributed by atoms with Crippen molar-refractivity contribution in [1.29, 1.82) is 0 Å². The van der Waals surface area contributed by atoms with Crippen molar-refractivity contribution >= 4 is 5.97 Å². The summed E-state index contributed by atoms with van der Waals surface area (Å²) in [5.74, 6) is 0.429. The normalized spacial score (nSPS) is 17.4. The molecule has 0 atom stereocenters. The molecule has 1 fully saturated rings. The molecule has 1 aliphatic heterocycles. The van der Waals surface area contributed by atoms with Gasteiger partial charge in [-0.3, -0.25) is 9.69 Å². The van der Waals surface area contributed by atoms with Crippen molar-refractivity contribution in [3.05, 3.63) is 35.4 Å². The van der Waals surface area contributed by atoms with Gasteiger partial charge < -0.3 is 4.74 Å². The lowest BCUT2D eigenvalue weighted by Crippen LogP contribution is -2.34. The molecule has 0 N–H and O–H groups in total. The first kappa shape index (κ1) is 14.1. The Labute approximate surface area is 115 Å². The second-order valence-corrected chi connectivity index (χ2v) is 5.49. The first-order valence-electron chi connectivity index (χ1n) is 7.02. The van der Waals surface area contributed by atoms with Crippen LogP contribution >= 0.6 is 0 Å². The summed E-state index contributed by atoms with van der Waals surface area (Å²) in [7, 11) is 1.47. The maximum absolute atomic E-state index is 11.2. The third-order valence-corrected chi connectivity index (χ3v) is 3.92. The number of aryl methyl sites for hydroxylation is 1. The molecule has 0 aliphatic carbocycles. The summed E-state index contributed by atoms with van der Waals surface area (Å²) in [6, 6.07) is 8.74. The van der Waals surface area contributed by atoms with Crippen molar-refractivity contribution in [2.24, 2.45) is 5.92 Å². The highest BCUT2D eigenvalue weighted by Gasteiger charge is 2.21. The molecule has 104 valence electrons. The average Bonchev–Trinajstić information content (AvgIpc) is 2.43. The lowest BCUT2D eigenvalue weighted by atomic mass is 9.93. The molecule has 2 rings (SSSR count). The van der Waals surface area contributed by atoms with Crippen LogP contribution in [0.1, 0.15) is 30.4 Å². The molecule has 19 heavy (non-hydrogen) atoms. The van der Waals surface area contributed by atoms with E-state index in [0.717, 1.165) is 32.5 Å². The van der Waals surface area contributed by atoms with Gasteiger partial charge >= 0.3 is 5.97 Å². The molecule has 1 heterocycles. The van der Waals surface area contributed by atoms with Gasteiger partial charge in [0.1, 0.15) is 0 Å². The summed E-state index contributed by atoms with van der Waals surface area (Å²) < 4.78 is 4.73.